The van der Waals surface area contributed by atoms with Gasteiger partial charge in [-0.25, -0.2) is 0 Å². The Labute approximate surface area is 145 Å². The van der Waals surface area contributed by atoms with E-state index in [0.29, 0.717) is 6.61 Å². The third kappa shape index (κ3) is 3.50. The van der Waals surface area contributed by atoms with Crippen LogP contribution >= 0.6 is 0 Å². The zero-order valence-electron chi connectivity index (χ0n) is 15.0. The molecule has 0 aliphatic carbocycles. The van der Waals surface area contributed by atoms with Crippen molar-refractivity contribution in [3.8, 4) is 5.75 Å². The van der Waals surface area contributed by atoms with Crippen molar-refractivity contribution in [1.82, 2.24) is 4.90 Å². The number of rotatable bonds is 5. The summed E-state index contributed by atoms with van der Waals surface area (Å²) in [4.78, 5) is 14.6. The van der Waals surface area contributed by atoms with Crippen LogP contribution in [-0.4, -0.2) is 30.5 Å². The van der Waals surface area contributed by atoms with E-state index in [4.69, 9.17) is 4.74 Å². The van der Waals surface area contributed by atoms with Gasteiger partial charge in [0.1, 0.15) is 5.75 Å². The number of allylic oxidation sites excluding steroid dienone is 2. The van der Waals surface area contributed by atoms with Crippen molar-refractivity contribution >= 4 is 5.91 Å². The Morgan fingerprint density at radius 3 is 2.79 bits per heavy atom. The van der Waals surface area contributed by atoms with Gasteiger partial charge in [0.25, 0.3) is 5.91 Å². The van der Waals surface area contributed by atoms with Gasteiger partial charge >= 0.3 is 0 Å². The lowest BCUT2D eigenvalue weighted by atomic mass is 9.81. The number of fused-ring (bicyclic) bond motifs is 1. The molecule has 3 rings (SSSR count). The van der Waals surface area contributed by atoms with E-state index in [1.807, 2.05) is 17.0 Å². The van der Waals surface area contributed by atoms with Gasteiger partial charge in [0.15, 0.2) is 0 Å². The fraction of sp³-hybridized carbons (Fsp3) is 0.571. The van der Waals surface area contributed by atoms with Gasteiger partial charge in [-0.2, -0.15) is 0 Å². The molecule has 24 heavy (non-hydrogen) atoms. The second-order valence-corrected chi connectivity index (χ2v) is 7.38. The summed E-state index contributed by atoms with van der Waals surface area (Å²) in [6.07, 6.45) is 11.3. The van der Waals surface area contributed by atoms with Crippen LogP contribution in [0.3, 0.4) is 0 Å². The molecule has 0 saturated carbocycles. The highest BCUT2D eigenvalue weighted by atomic mass is 16.5. The predicted molar refractivity (Wildman–Crippen MR) is 97.7 cm³/mol. The maximum Gasteiger partial charge on any atom is 0.253 e. The molecular weight excluding hydrogens is 298 g/mol. The third-order valence-corrected chi connectivity index (χ3v) is 5.26. The summed E-state index contributed by atoms with van der Waals surface area (Å²) in [5, 5.41) is 0. The van der Waals surface area contributed by atoms with E-state index in [1.54, 1.807) is 0 Å². The maximum absolute atomic E-state index is 12.7. The lowest BCUT2D eigenvalue weighted by Gasteiger charge is -2.27. The number of piperidine rings is 1. The molecule has 1 unspecified atom stereocenters. The van der Waals surface area contributed by atoms with Crippen LogP contribution in [0.25, 0.3) is 0 Å². The molecule has 0 N–H and O–H groups in total. The van der Waals surface area contributed by atoms with Gasteiger partial charge in [0.05, 0.1) is 6.61 Å². The highest BCUT2D eigenvalue weighted by Gasteiger charge is 2.35. The predicted octanol–water partition coefficient (Wildman–Crippen LogP) is 4.71. The first kappa shape index (κ1) is 17.1. The van der Waals surface area contributed by atoms with E-state index in [-0.39, 0.29) is 11.3 Å². The highest BCUT2D eigenvalue weighted by Crippen LogP contribution is 2.41. The number of carbonyl (C=O) groups excluding carboxylic acids is 1. The third-order valence-electron chi connectivity index (χ3n) is 5.26. The van der Waals surface area contributed by atoms with Crippen LogP contribution < -0.4 is 4.74 Å². The van der Waals surface area contributed by atoms with Crippen LogP contribution in [0.1, 0.15) is 68.3 Å². The minimum absolute atomic E-state index is 0.0201. The van der Waals surface area contributed by atoms with E-state index in [1.165, 1.54) is 18.4 Å². The molecule has 0 aromatic heterocycles. The Hall–Kier alpha value is -1.77. The van der Waals surface area contributed by atoms with E-state index in [2.05, 4.69) is 32.1 Å². The van der Waals surface area contributed by atoms with Gasteiger partial charge in [0, 0.05) is 29.6 Å². The number of hydrogen-bond donors (Lipinski definition) is 0. The minimum atomic E-state index is 0.0201. The zero-order valence-corrected chi connectivity index (χ0v) is 15.0. The van der Waals surface area contributed by atoms with E-state index in [0.717, 1.165) is 50.1 Å². The molecule has 0 radical (unpaired) electrons. The lowest BCUT2D eigenvalue weighted by Crippen LogP contribution is -2.35. The van der Waals surface area contributed by atoms with Crippen molar-refractivity contribution < 1.29 is 9.53 Å². The summed E-state index contributed by atoms with van der Waals surface area (Å²) in [7, 11) is 0. The van der Waals surface area contributed by atoms with Crippen LogP contribution in [0.5, 0.6) is 5.75 Å². The Morgan fingerprint density at radius 1 is 1.25 bits per heavy atom. The molecule has 1 aromatic carbocycles. The van der Waals surface area contributed by atoms with Crippen LogP contribution in [0.15, 0.2) is 30.4 Å². The quantitative estimate of drug-likeness (QED) is 0.733. The van der Waals surface area contributed by atoms with Crippen molar-refractivity contribution in [3.05, 3.63) is 41.5 Å². The molecule has 0 bridgehead atoms. The van der Waals surface area contributed by atoms with Gasteiger partial charge in [-0.15, -0.1) is 0 Å². The molecule has 1 fully saturated rings. The second-order valence-electron chi connectivity index (χ2n) is 7.38. The number of likely N-dealkylation sites (tertiary alicyclic amines) is 1. The standard InChI is InChI=1S/C21H29NO2/c1-3-4-5-7-12-21(2)16-24-19-15-17(10-11-18(19)21)20(23)22-13-8-6-9-14-22/h5,7,10-11,15H,3-4,6,8-9,12-14,16H2,1-2H3. The second kappa shape index (κ2) is 7.42. The first-order valence-corrected chi connectivity index (χ1v) is 9.36. The minimum Gasteiger partial charge on any atom is -0.492 e. The van der Waals surface area contributed by atoms with Gasteiger partial charge in [0.2, 0.25) is 0 Å². The average Bonchev–Trinajstić information content (AvgIpc) is 2.96. The monoisotopic (exact) mass is 327 g/mol. The number of ether oxygens (including phenoxy) is 1. The molecule has 1 aromatic rings. The lowest BCUT2D eigenvalue weighted by molar-refractivity contribution is 0.0724. The molecule has 2 aliphatic rings. The van der Waals surface area contributed by atoms with Crippen molar-refractivity contribution in [1.29, 1.82) is 0 Å². The summed E-state index contributed by atoms with van der Waals surface area (Å²) in [6.45, 7) is 6.91. The average molecular weight is 327 g/mol. The van der Waals surface area contributed by atoms with Crippen molar-refractivity contribution in [2.24, 2.45) is 0 Å². The van der Waals surface area contributed by atoms with Gasteiger partial charge in [-0.1, -0.05) is 38.5 Å². The zero-order chi connectivity index (χ0) is 17.0. The molecule has 3 nitrogen and oxygen atoms in total. The van der Waals surface area contributed by atoms with Crippen molar-refractivity contribution in [2.45, 2.75) is 57.8 Å². The summed E-state index contributed by atoms with van der Waals surface area (Å²) < 4.78 is 5.94. The van der Waals surface area contributed by atoms with Crippen LogP contribution in [0, 0.1) is 0 Å². The van der Waals surface area contributed by atoms with Gasteiger partial charge in [-0.3, -0.25) is 4.79 Å². The molecule has 2 aliphatic heterocycles. The number of amides is 1. The molecule has 130 valence electrons. The normalized spacial score (nSPS) is 23.3. The van der Waals surface area contributed by atoms with Gasteiger partial charge < -0.3 is 9.64 Å². The van der Waals surface area contributed by atoms with Crippen molar-refractivity contribution in [2.75, 3.05) is 19.7 Å². The Morgan fingerprint density at radius 2 is 2.04 bits per heavy atom. The van der Waals surface area contributed by atoms with E-state index in [9.17, 15) is 4.79 Å². The molecule has 1 saturated heterocycles. The molecule has 0 spiro atoms. The number of carbonyl (C=O) groups is 1. The molecule has 1 atom stereocenters. The molecule has 3 heteroatoms. The Kier molecular flexibility index (Phi) is 5.27. The Bertz CT molecular complexity index is 616. The van der Waals surface area contributed by atoms with E-state index < -0.39 is 0 Å². The first-order chi connectivity index (χ1) is 11.6. The highest BCUT2D eigenvalue weighted by molar-refractivity contribution is 5.95. The van der Waals surface area contributed by atoms with Crippen molar-refractivity contribution in [3.63, 3.8) is 0 Å². The van der Waals surface area contributed by atoms with E-state index >= 15 is 0 Å². The number of hydrogen-bond acceptors (Lipinski definition) is 2. The topological polar surface area (TPSA) is 29.5 Å². The molecular formula is C21H29NO2. The SMILES string of the molecule is CCCC=CCC1(C)COc2cc(C(=O)N3CCCCC3)ccc21. The number of benzene rings is 1. The smallest absolute Gasteiger partial charge is 0.253 e. The Balaban J connectivity index is 1.74. The summed E-state index contributed by atoms with van der Waals surface area (Å²) in [5.74, 6) is 1.04. The molecule has 1 amide bonds. The summed E-state index contributed by atoms with van der Waals surface area (Å²) >= 11 is 0. The summed E-state index contributed by atoms with van der Waals surface area (Å²) in [6, 6.07) is 6.04. The number of unbranched alkanes of at least 4 members (excludes halogenated alkanes) is 1. The first-order valence-electron chi connectivity index (χ1n) is 9.36. The molecule has 2 heterocycles. The van der Waals surface area contributed by atoms with Gasteiger partial charge in [-0.05, 0) is 44.2 Å². The van der Waals surface area contributed by atoms with Crippen LogP contribution in [0.2, 0.25) is 0 Å². The fourth-order valence-corrected chi connectivity index (χ4v) is 3.66. The largest absolute Gasteiger partial charge is 0.492 e. The van der Waals surface area contributed by atoms with Crippen LogP contribution in [0.4, 0.5) is 0 Å². The fourth-order valence-electron chi connectivity index (χ4n) is 3.66. The van der Waals surface area contributed by atoms with Crippen LogP contribution in [-0.2, 0) is 5.41 Å². The number of nitrogens with zero attached hydrogens (tertiary/aromatic N) is 1. The maximum atomic E-state index is 12.7. The summed E-state index contributed by atoms with van der Waals surface area (Å²) in [5.41, 5.74) is 2.02.